The summed E-state index contributed by atoms with van der Waals surface area (Å²) in [5.74, 6) is 0.00304. The Labute approximate surface area is 153 Å². The van der Waals surface area contributed by atoms with Crippen molar-refractivity contribution in [3.05, 3.63) is 48.2 Å². The van der Waals surface area contributed by atoms with E-state index in [1.807, 2.05) is 32.0 Å². The SMILES string of the molecule is CCCCN1C(=O)[C@@](C)(C(=O)Nc2cccc(C)c2)Oc2cccnc21. The van der Waals surface area contributed by atoms with Gasteiger partial charge in [-0.2, -0.15) is 0 Å². The van der Waals surface area contributed by atoms with E-state index in [9.17, 15) is 9.59 Å². The van der Waals surface area contributed by atoms with Crippen LogP contribution >= 0.6 is 0 Å². The predicted octanol–water partition coefficient (Wildman–Crippen LogP) is 3.31. The first-order valence-electron chi connectivity index (χ1n) is 8.80. The number of carbonyl (C=O) groups is 2. The molecule has 0 aliphatic carbocycles. The first-order valence-corrected chi connectivity index (χ1v) is 8.80. The van der Waals surface area contributed by atoms with Crippen LogP contribution in [0.15, 0.2) is 42.6 Å². The number of unbranched alkanes of at least 4 members (excludes halogenated alkanes) is 1. The Bertz CT molecular complexity index is 837. The van der Waals surface area contributed by atoms with Crippen molar-refractivity contribution >= 4 is 23.3 Å². The monoisotopic (exact) mass is 353 g/mol. The third-order valence-electron chi connectivity index (χ3n) is 4.42. The first kappa shape index (κ1) is 17.9. The standard InChI is InChI=1S/C20H23N3O3/c1-4-5-12-23-17-16(10-7-11-21-17)26-20(3,19(23)25)18(24)22-15-9-6-8-14(2)13-15/h6-11,13H,4-5,12H2,1-3H3,(H,22,24)/t20-/m1/s1. The van der Waals surface area contributed by atoms with E-state index in [0.29, 0.717) is 23.8 Å². The van der Waals surface area contributed by atoms with Crippen LogP contribution in [0.3, 0.4) is 0 Å². The van der Waals surface area contributed by atoms with Crippen LogP contribution in [-0.2, 0) is 9.59 Å². The molecule has 0 bridgehead atoms. The van der Waals surface area contributed by atoms with E-state index >= 15 is 0 Å². The minimum atomic E-state index is -1.65. The van der Waals surface area contributed by atoms with E-state index in [-0.39, 0.29) is 0 Å². The Kier molecular flexibility index (Phi) is 4.93. The molecule has 6 nitrogen and oxygen atoms in total. The topological polar surface area (TPSA) is 71.5 Å². The summed E-state index contributed by atoms with van der Waals surface area (Å²) < 4.78 is 5.84. The molecule has 1 aromatic carbocycles. The summed E-state index contributed by atoms with van der Waals surface area (Å²) in [6.07, 6.45) is 3.36. The van der Waals surface area contributed by atoms with Gasteiger partial charge in [-0.15, -0.1) is 0 Å². The number of aryl methyl sites for hydroxylation is 1. The van der Waals surface area contributed by atoms with Gasteiger partial charge >= 0.3 is 0 Å². The lowest BCUT2D eigenvalue weighted by molar-refractivity contribution is -0.145. The summed E-state index contributed by atoms with van der Waals surface area (Å²) in [4.78, 5) is 31.9. The van der Waals surface area contributed by atoms with Crippen LogP contribution in [0.4, 0.5) is 11.5 Å². The van der Waals surface area contributed by atoms with Gasteiger partial charge in [0.2, 0.25) is 0 Å². The van der Waals surface area contributed by atoms with E-state index in [4.69, 9.17) is 4.74 Å². The molecular formula is C20H23N3O3. The van der Waals surface area contributed by atoms with Gasteiger partial charge in [-0.3, -0.25) is 14.5 Å². The summed E-state index contributed by atoms with van der Waals surface area (Å²) in [5, 5.41) is 2.80. The molecule has 0 fully saturated rings. The molecule has 1 atom stereocenters. The number of rotatable bonds is 5. The van der Waals surface area contributed by atoms with Crippen LogP contribution in [0.2, 0.25) is 0 Å². The van der Waals surface area contributed by atoms with Crippen molar-refractivity contribution < 1.29 is 14.3 Å². The number of pyridine rings is 1. The molecule has 1 aromatic heterocycles. The highest BCUT2D eigenvalue weighted by molar-refractivity contribution is 6.19. The zero-order valence-electron chi connectivity index (χ0n) is 15.3. The van der Waals surface area contributed by atoms with Crippen molar-refractivity contribution in [3.63, 3.8) is 0 Å². The number of aromatic nitrogens is 1. The molecule has 2 aromatic rings. The van der Waals surface area contributed by atoms with Gasteiger partial charge < -0.3 is 10.1 Å². The Morgan fingerprint density at radius 1 is 1.31 bits per heavy atom. The van der Waals surface area contributed by atoms with Gasteiger partial charge in [0.25, 0.3) is 17.4 Å². The molecule has 0 unspecified atom stereocenters. The number of amides is 2. The van der Waals surface area contributed by atoms with Crippen LogP contribution in [0.1, 0.15) is 32.3 Å². The number of nitrogens with one attached hydrogen (secondary N) is 1. The number of hydrogen-bond acceptors (Lipinski definition) is 4. The van der Waals surface area contributed by atoms with E-state index in [0.717, 1.165) is 18.4 Å². The maximum Gasteiger partial charge on any atom is 0.282 e. The molecule has 0 radical (unpaired) electrons. The number of nitrogens with zero attached hydrogens (tertiary/aromatic N) is 2. The van der Waals surface area contributed by atoms with Gasteiger partial charge in [-0.25, -0.2) is 4.98 Å². The van der Waals surface area contributed by atoms with Gasteiger partial charge in [-0.1, -0.05) is 25.5 Å². The molecule has 6 heteroatoms. The molecule has 3 rings (SSSR count). The third kappa shape index (κ3) is 3.27. The highest BCUT2D eigenvalue weighted by atomic mass is 16.5. The first-order chi connectivity index (χ1) is 12.5. The number of fused-ring (bicyclic) bond motifs is 1. The minimum Gasteiger partial charge on any atom is -0.464 e. The zero-order valence-corrected chi connectivity index (χ0v) is 15.3. The van der Waals surface area contributed by atoms with Gasteiger partial charge in [0.05, 0.1) is 0 Å². The molecule has 0 saturated carbocycles. The van der Waals surface area contributed by atoms with Crippen LogP contribution in [-0.4, -0.2) is 28.9 Å². The van der Waals surface area contributed by atoms with E-state index in [1.165, 1.54) is 6.92 Å². The molecule has 2 amide bonds. The Morgan fingerprint density at radius 2 is 2.12 bits per heavy atom. The van der Waals surface area contributed by atoms with E-state index in [1.54, 1.807) is 29.3 Å². The van der Waals surface area contributed by atoms with Crippen molar-refractivity contribution in [2.45, 2.75) is 39.2 Å². The highest BCUT2D eigenvalue weighted by Gasteiger charge is 2.51. The van der Waals surface area contributed by atoms with Crippen LogP contribution in [0.5, 0.6) is 5.75 Å². The fraction of sp³-hybridized carbons (Fsp3) is 0.350. The van der Waals surface area contributed by atoms with Gasteiger partial charge in [-0.05, 0) is 50.1 Å². The second-order valence-corrected chi connectivity index (χ2v) is 6.59. The smallest absolute Gasteiger partial charge is 0.282 e. The third-order valence-corrected chi connectivity index (χ3v) is 4.42. The molecule has 2 heterocycles. The summed E-state index contributed by atoms with van der Waals surface area (Å²) in [5.41, 5.74) is 0.000681. The average Bonchev–Trinajstić information content (AvgIpc) is 2.62. The summed E-state index contributed by atoms with van der Waals surface area (Å²) in [6.45, 7) is 5.99. The second kappa shape index (κ2) is 7.15. The molecule has 0 spiro atoms. The molecule has 1 N–H and O–H groups in total. The summed E-state index contributed by atoms with van der Waals surface area (Å²) in [6, 6.07) is 10.9. The lowest BCUT2D eigenvalue weighted by Gasteiger charge is -2.38. The van der Waals surface area contributed by atoms with E-state index in [2.05, 4.69) is 10.3 Å². The zero-order chi connectivity index (χ0) is 18.7. The Hall–Kier alpha value is -2.89. The number of anilines is 2. The largest absolute Gasteiger partial charge is 0.464 e. The van der Waals surface area contributed by atoms with Crippen LogP contribution in [0.25, 0.3) is 0 Å². The summed E-state index contributed by atoms with van der Waals surface area (Å²) in [7, 11) is 0. The highest BCUT2D eigenvalue weighted by Crippen LogP contribution is 2.36. The Morgan fingerprint density at radius 3 is 2.85 bits per heavy atom. The average molecular weight is 353 g/mol. The van der Waals surface area contributed by atoms with Gasteiger partial charge in [0, 0.05) is 18.4 Å². The van der Waals surface area contributed by atoms with Crippen molar-refractivity contribution in [1.29, 1.82) is 0 Å². The van der Waals surface area contributed by atoms with Gasteiger partial charge in [0.1, 0.15) is 0 Å². The Balaban J connectivity index is 1.92. The number of carbonyl (C=O) groups excluding carboxylic acids is 2. The maximum atomic E-state index is 13.1. The normalized spacial score (nSPS) is 18.9. The number of hydrogen-bond donors (Lipinski definition) is 1. The van der Waals surface area contributed by atoms with E-state index < -0.39 is 17.4 Å². The molecule has 136 valence electrons. The van der Waals surface area contributed by atoms with Crippen molar-refractivity contribution in [2.75, 3.05) is 16.8 Å². The van der Waals surface area contributed by atoms with Crippen LogP contribution in [0, 0.1) is 6.92 Å². The molecule has 1 aliphatic heterocycles. The lowest BCUT2D eigenvalue weighted by atomic mass is 10.0. The minimum absolute atomic E-state index is 0.401. The fourth-order valence-corrected chi connectivity index (χ4v) is 2.92. The van der Waals surface area contributed by atoms with Crippen LogP contribution < -0.4 is 15.0 Å². The quantitative estimate of drug-likeness (QED) is 0.837. The molecular weight excluding hydrogens is 330 g/mol. The maximum absolute atomic E-state index is 13.1. The lowest BCUT2D eigenvalue weighted by Crippen LogP contribution is -2.61. The number of benzene rings is 1. The molecule has 26 heavy (non-hydrogen) atoms. The van der Waals surface area contributed by atoms with Gasteiger partial charge in [0.15, 0.2) is 11.6 Å². The molecule has 1 aliphatic rings. The molecule has 0 saturated heterocycles. The van der Waals surface area contributed by atoms with Crippen molar-refractivity contribution in [3.8, 4) is 5.75 Å². The fourth-order valence-electron chi connectivity index (χ4n) is 2.92. The predicted molar refractivity (Wildman–Crippen MR) is 100 cm³/mol. The number of ether oxygens (including phenoxy) is 1. The second-order valence-electron chi connectivity index (χ2n) is 6.59. The summed E-state index contributed by atoms with van der Waals surface area (Å²) >= 11 is 0. The van der Waals surface area contributed by atoms with Crippen molar-refractivity contribution in [2.24, 2.45) is 0 Å². The van der Waals surface area contributed by atoms with Crippen molar-refractivity contribution in [1.82, 2.24) is 4.98 Å².